The van der Waals surface area contributed by atoms with E-state index in [-0.39, 0.29) is 6.04 Å². The monoisotopic (exact) mass is 192 g/mol. The molecule has 0 amide bonds. The van der Waals surface area contributed by atoms with Gasteiger partial charge in [0.25, 0.3) is 0 Å². The van der Waals surface area contributed by atoms with Crippen molar-refractivity contribution in [3.63, 3.8) is 0 Å². The van der Waals surface area contributed by atoms with E-state index in [1.54, 1.807) is 6.33 Å². The molecule has 5 nitrogen and oxygen atoms in total. The van der Waals surface area contributed by atoms with E-state index >= 15 is 0 Å². The molecule has 2 bridgehead atoms. The Morgan fingerprint density at radius 3 is 3.14 bits per heavy atom. The quantitative estimate of drug-likeness (QED) is 0.535. The van der Waals surface area contributed by atoms with E-state index in [9.17, 15) is 0 Å². The molecule has 2 aliphatic carbocycles. The van der Waals surface area contributed by atoms with Crippen LogP contribution in [0, 0.1) is 11.8 Å². The van der Waals surface area contributed by atoms with Gasteiger partial charge in [0.2, 0.25) is 0 Å². The highest BCUT2D eigenvalue weighted by Gasteiger charge is 2.46. The third-order valence-electron chi connectivity index (χ3n) is 3.48. The van der Waals surface area contributed by atoms with Crippen molar-refractivity contribution in [2.24, 2.45) is 17.0 Å². The van der Waals surface area contributed by atoms with Gasteiger partial charge in [-0.15, -0.1) is 0 Å². The molecule has 1 aromatic rings. The van der Waals surface area contributed by atoms with Gasteiger partial charge in [0.15, 0.2) is 0 Å². The van der Waals surface area contributed by atoms with Gasteiger partial charge in [-0.2, -0.15) is 5.10 Å². The zero-order valence-corrected chi connectivity index (χ0v) is 7.74. The molecule has 74 valence electrons. The van der Waals surface area contributed by atoms with Crippen molar-refractivity contribution in [3.05, 3.63) is 12.7 Å². The average Bonchev–Trinajstić information content (AvgIpc) is 2.92. The number of aromatic nitrogens is 3. The molecule has 0 aliphatic heterocycles. The molecule has 3 atom stereocenters. The fraction of sp³-hybridized carbons (Fsp3) is 0.667. The first kappa shape index (κ1) is 7.96. The zero-order chi connectivity index (χ0) is 9.54. The summed E-state index contributed by atoms with van der Waals surface area (Å²) in [5.74, 6) is 1.06. The molecular weight excluding hydrogens is 180 g/mol. The van der Waals surface area contributed by atoms with Crippen LogP contribution in [0.3, 0.4) is 0 Å². The van der Waals surface area contributed by atoms with Crippen LogP contribution in [0.15, 0.2) is 17.8 Å². The van der Waals surface area contributed by atoms with Crippen LogP contribution < -0.4 is 0 Å². The summed E-state index contributed by atoms with van der Waals surface area (Å²) in [6, 6.07) is 0.154. The van der Waals surface area contributed by atoms with Crippen LogP contribution in [-0.2, 0) is 0 Å². The van der Waals surface area contributed by atoms with Gasteiger partial charge >= 0.3 is 0 Å². The van der Waals surface area contributed by atoms with E-state index in [1.807, 2.05) is 4.68 Å². The Bertz CT molecular complexity index is 359. The standard InChI is InChI=1S/C9H12N4O/c14-12-8-6-1-2-7(3-6)9(8)13-5-10-4-11-13/h4-7,9,14H,1-3H2/b12-8+/t6-,7-,9+/m0/s1. The molecule has 14 heavy (non-hydrogen) atoms. The molecule has 1 N–H and O–H groups in total. The van der Waals surface area contributed by atoms with Crippen LogP contribution in [0.5, 0.6) is 0 Å². The fourth-order valence-electron chi connectivity index (χ4n) is 2.91. The lowest BCUT2D eigenvalue weighted by Gasteiger charge is -2.22. The molecule has 2 aliphatic rings. The highest BCUT2D eigenvalue weighted by Crippen LogP contribution is 2.48. The SMILES string of the molecule is O/N=C1\[C@H]2CC[C@@H](C2)[C@H]1n1cncn1. The first-order chi connectivity index (χ1) is 6.90. The number of nitrogens with zero attached hydrogens (tertiary/aromatic N) is 4. The van der Waals surface area contributed by atoms with Crippen LogP contribution in [0.1, 0.15) is 25.3 Å². The van der Waals surface area contributed by atoms with Crippen LogP contribution in [0.4, 0.5) is 0 Å². The lowest BCUT2D eigenvalue weighted by Crippen LogP contribution is -2.26. The summed E-state index contributed by atoms with van der Waals surface area (Å²) in [6.45, 7) is 0. The van der Waals surface area contributed by atoms with Gasteiger partial charge in [0, 0.05) is 5.92 Å². The van der Waals surface area contributed by atoms with Crippen molar-refractivity contribution in [3.8, 4) is 0 Å². The third kappa shape index (κ3) is 0.921. The van der Waals surface area contributed by atoms with Crippen LogP contribution >= 0.6 is 0 Å². The number of oxime groups is 1. The number of hydrogen-bond donors (Lipinski definition) is 1. The molecule has 5 heteroatoms. The van der Waals surface area contributed by atoms with Gasteiger partial charge in [-0.1, -0.05) is 5.16 Å². The summed E-state index contributed by atoms with van der Waals surface area (Å²) >= 11 is 0. The Morgan fingerprint density at radius 1 is 1.50 bits per heavy atom. The number of hydrogen-bond acceptors (Lipinski definition) is 4. The van der Waals surface area contributed by atoms with E-state index in [1.165, 1.54) is 12.7 Å². The minimum absolute atomic E-state index is 0.154. The summed E-state index contributed by atoms with van der Waals surface area (Å²) < 4.78 is 1.82. The largest absolute Gasteiger partial charge is 0.411 e. The van der Waals surface area contributed by atoms with Crippen LogP contribution in [0.25, 0.3) is 0 Å². The number of rotatable bonds is 1. The third-order valence-corrected chi connectivity index (χ3v) is 3.48. The average molecular weight is 192 g/mol. The molecule has 2 saturated carbocycles. The lowest BCUT2D eigenvalue weighted by atomic mass is 9.93. The Labute approximate surface area is 81.4 Å². The van der Waals surface area contributed by atoms with E-state index in [0.717, 1.165) is 18.6 Å². The summed E-state index contributed by atoms with van der Waals surface area (Å²) in [5, 5.41) is 16.5. The van der Waals surface area contributed by atoms with Crippen LogP contribution in [0.2, 0.25) is 0 Å². The predicted molar refractivity (Wildman–Crippen MR) is 49.1 cm³/mol. The van der Waals surface area contributed by atoms with E-state index in [2.05, 4.69) is 15.2 Å². The van der Waals surface area contributed by atoms with Gasteiger partial charge in [0.05, 0.1) is 11.8 Å². The second kappa shape index (κ2) is 2.80. The van der Waals surface area contributed by atoms with Crippen molar-refractivity contribution in [2.45, 2.75) is 25.3 Å². The Kier molecular flexibility index (Phi) is 1.59. The van der Waals surface area contributed by atoms with Gasteiger partial charge < -0.3 is 5.21 Å². The smallest absolute Gasteiger partial charge is 0.137 e. The molecule has 3 rings (SSSR count). The van der Waals surface area contributed by atoms with Crippen molar-refractivity contribution < 1.29 is 5.21 Å². The molecular formula is C9H12N4O. The van der Waals surface area contributed by atoms with Gasteiger partial charge in [-0.3, -0.25) is 0 Å². The maximum Gasteiger partial charge on any atom is 0.137 e. The second-order valence-corrected chi connectivity index (χ2v) is 4.12. The molecule has 0 saturated heterocycles. The number of fused-ring (bicyclic) bond motifs is 2. The first-order valence-corrected chi connectivity index (χ1v) is 4.96. The van der Waals surface area contributed by atoms with E-state index in [4.69, 9.17) is 5.21 Å². The zero-order valence-electron chi connectivity index (χ0n) is 7.74. The Hall–Kier alpha value is -1.39. The van der Waals surface area contributed by atoms with Crippen molar-refractivity contribution in [1.29, 1.82) is 0 Å². The van der Waals surface area contributed by atoms with Crippen molar-refractivity contribution >= 4 is 5.71 Å². The molecule has 1 aromatic heterocycles. The van der Waals surface area contributed by atoms with Crippen molar-refractivity contribution in [2.75, 3.05) is 0 Å². The minimum Gasteiger partial charge on any atom is -0.411 e. The molecule has 0 radical (unpaired) electrons. The molecule has 0 spiro atoms. The summed E-state index contributed by atoms with van der Waals surface area (Å²) in [7, 11) is 0. The van der Waals surface area contributed by atoms with E-state index < -0.39 is 0 Å². The van der Waals surface area contributed by atoms with Crippen LogP contribution in [-0.4, -0.2) is 25.7 Å². The highest BCUT2D eigenvalue weighted by molar-refractivity contribution is 5.93. The fourth-order valence-corrected chi connectivity index (χ4v) is 2.91. The summed E-state index contributed by atoms with van der Waals surface area (Å²) in [6.07, 6.45) is 6.75. The van der Waals surface area contributed by atoms with Gasteiger partial charge in [-0.05, 0) is 25.2 Å². The lowest BCUT2D eigenvalue weighted by molar-refractivity contribution is 0.304. The van der Waals surface area contributed by atoms with E-state index in [0.29, 0.717) is 11.8 Å². The maximum atomic E-state index is 8.98. The topological polar surface area (TPSA) is 63.3 Å². The Balaban J connectivity index is 2.00. The molecule has 0 unspecified atom stereocenters. The molecule has 2 fully saturated rings. The maximum absolute atomic E-state index is 8.98. The summed E-state index contributed by atoms with van der Waals surface area (Å²) in [4.78, 5) is 3.93. The highest BCUT2D eigenvalue weighted by atomic mass is 16.4. The normalized spacial score (nSPS) is 38.3. The second-order valence-electron chi connectivity index (χ2n) is 4.12. The summed E-state index contributed by atoms with van der Waals surface area (Å²) in [5.41, 5.74) is 0.895. The van der Waals surface area contributed by atoms with Gasteiger partial charge in [-0.25, -0.2) is 9.67 Å². The van der Waals surface area contributed by atoms with Crippen molar-refractivity contribution in [1.82, 2.24) is 14.8 Å². The molecule has 1 heterocycles. The Morgan fingerprint density at radius 2 is 2.43 bits per heavy atom. The molecule has 0 aromatic carbocycles. The van der Waals surface area contributed by atoms with Gasteiger partial charge in [0.1, 0.15) is 12.7 Å². The predicted octanol–water partition coefficient (Wildman–Crippen LogP) is 1.08. The first-order valence-electron chi connectivity index (χ1n) is 4.96. The minimum atomic E-state index is 0.154.